The van der Waals surface area contributed by atoms with Gasteiger partial charge < -0.3 is 15.2 Å². The number of halogens is 1. The van der Waals surface area contributed by atoms with E-state index in [-0.39, 0.29) is 5.82 Å². The molecule has 2 N–H and O–H groups in total. The first-order chi connectivity index (χ1) is 9.04. The average Bonchev–Trinajstić information content (AvgIpc) is 2.72. The topological polar surface area (TPSA) is 47.1 Å². The van der Waals surface area contributed by atoms with Gasteiger partial charge in [-0.1, -0.05) is 13.0 Å². The van der Waals surface area contributed by atoms with E-state index in [1.54, 1.807) is 6.07 Å². The molecule has 0 saturated heterocycles. The predicted molar refractivity (Wildman–Crippen MR) is 76.5 cm³/mol. The Labute approximate surface area is 113 Å². The number of para-hydroxylation sites is 1. The summed E-state index contributed by atoms with van der Waals surface area (Å²) in [5.41, 5.74) is 7.00. The third kappa shape index (κ3) is 2.71. The lowest BCUT2D eigenvalue weighted by atomic mass is 10.2. The van der Waals surface area contributed by atoms with E-state index in [2.05, 4.69) is 30.8 Å². The molecule has 0 aliphatic rings. The van der Waals surface area contributed by atoms with E-state index in [9.17, 15) is 4.39 Å². The number of likely N-dealkylation sites (N-methyl/N-ethyl adjacent to an activating group) is 1. The number of hydrogen-bond acceptors (Lipinski definition) is 3. The number of imidazole rings is 1. The van der Waals surface area contributed by atoms with Crippen molar-refractivity contribution in [3.8, 4) is 0 Å². The fourth-order valence-corrected chi connectivity index (χ4v) is 2.16. The quantitative estimate of drug-likeness (QED) is 0.902. The van der Waals surface area contributed by atoms with Crippen LogP contribution in [0.15, 0.2) is 18.2 Å². The second kappa shape index (κ2) is 5.57. The highest BCUT2D eigenvalue weighted by Crippen LogP contribution is 2.20. The van der Waals surface area contributed by atoms with Crippen molar-refractivity contribution in [2.24, 2.45) is 0 Å². The molecule has 104 valence electrons. The molecule has 0 fully saturated rings. The minimum atomic E-state index is -0.321. The number of aromatic nitrogens is 2. The summed E-state index contributed by atoms with van der Waals surface area (Å²) in [6.07, 6.45) is 1.10. The summed E-state index contributed by atoms with van der Waals surface area (Å²) in [7, 11) is 2.09. The highest BCUT2D eigenvalue weighted by atomic mass is 19.1. The smallest absolute Gasteiger partial charge is 0.201 e. The van der Waals surface area contributed by atoms with Crippen LogP contribution in [0.2, 0.25) is 0 Å². The summed E-state index contributed by atoms with van der Waals surface area (Å²) in [4.78, 5) is 6.37. The van der Waals surface area contributed by atoms with Crippen LogP contribution in [0.5, 0.6) is 0 Å². The van der Waals surface area contributed by atoms with E-state index in [0.717, 1.165) is 18.5 Å². The van der Waals surface area contributed by atoms with Gasteiger partial charge in [-0.15, -0.1) is 0 Å². The van der Waals surface area contributed by atoms with Gasteiger partial charge in [-0.05, 0) is 32.5 Å². The molecule has 0 radical (unpaired) electrons. The first-order valence-corrected chi connectivity index (χ1v) is 6.65. The lowest BCUT2D eigenvalue weighted by Gasteiger charge is -2.23. The highest BCUT2D eigenvalue weighted by Gasteiger charge is 2.13. The van der Waals surface area contributed by atoms with Crippen molar-refractivity contribution >= 4 is 17.0 Å². The van der Waals surface area contributed by atoms with Crippen LogP contribution >= 0.6 is 0 Å². The summed E-state index contributed by atoms with van der Waals surface area (Å²) < 4.78 is 15.5. The molecule has 0 spiro atoms. The lowest BCUT2D eigenvalue weighted by Crippen LogP contribution is -2.31. The number of nitrogens with two attached hydrogens (primary N) is 1. The van der Waals surface area contributed by atoms with Gasteiger partial charge >= 0.3 is 0 Å². The molecule has 1 unspecified atom stereocenters. The molecule has 1 aromatic heterocycles. The van der Waals surface area contributed by atoms with Crippen molar-refractivity contribution in [2.75, 3.05) is 19.3 Å². The monoisotopic (exact) mass is 264 g/mol. The zero-order chi connectivity index (χ0) is 14.0. The van der Waals surface area contributed by atoms with Crippen molar-refractivity contribution < 1.29 is 4.39 Å². The maximum Gasteiger partial charge on any atom is 0.201 e. The van der Waals surface area contributed by atoms with Crippen LogP contribution in [0.25, 0.3) is 11.0 Å². The molecule has 1 aromatic carbocycles. The normalized spacial score (nSPS) is 13.3. The molecule has 2 aromatic rings. The fourth-order valence-electron chi connectivity index (χ4n) is 2.16. The average molecular weight is 264 g/mol. The Kier molecular flexibility index (Phi) is 4.04. The first-order valence-electron chi connectivity index (χ1n) is 6.65. The molecule has 0 aliphatic carbocycles. The third-order valence-corrected chi connectivity index (χ3v) is 3.78. The second-order valence-electron chi connectivity index (χ2n) is 4.97. The van der Waals surface area contributed by atoms with Gasteiger partial charge in [0.2, 0.25) is 5.95 Å². The molecule has 0 aliphatic heterocycles. The minimum Gasteiger partial charge on any atom is -0.369 e. The largest absolute Gasteiger partial charge is 0.369 e. The van der Waals surface area contributed by atoms with Crippen LogP contribution in [0.3, 0.4) is 0 Å². The Morgan fingerprint density at radius 2 is 2.21 bits per heavy atom. The molecule has 1 atom stereocenters. The fraction of sp³-hybridized carbons (Fsp3) is 0.500. The molecular weight excluding hydrogens is 243 g/mol. The second-order valence-corrected chi connectivity index (χ2v) is 4.97. The molecule has 0 amide bonds. The van der Waals surface area contributed by atoms with Gasteiger partial charge in [0.05, 0.1) is 5.52 Å². The molecule has 5 heteroatoms. The minimum absolute atomic E-state index is 0.321. The van der Waals surface area contributed by atoms with Gasteiger partial charge in [0.25, 0.3) is 0 Å². The van der Waals surface area contributed by atoms with E-state index in [0.29, 0.717) is 24.1 Å². The lowest BCUT2D eigenvalue weighted by molar-refractivity contribution is 0.244. The Morgan fingerprint density at radius 3 is 2.89 bits per heavy atom. The SMILES string of the molecule is CCC(C)N(C)CCn1c(N)nc2c(F)cccc21. The summed E-state index contributed by atoms with van der Waals surface area (Å²) >= 11 is 0. The van der Waals surface area contributed by atoms with Gasteiger partial charge in [0.1, 0.15) is 5.52 Å². The third-order valence-electron chi connectivity index (χ3n) is 3.78. The van der Waals surface area contributed by atoms with Gasteiger partial charge in [-0.25, -0.2) is 9.37 Å². The number of anilines is 1. The zero-order valence-corrected chi connectivity index (χ0v) is 11.7. The zero-order valence-electron chi connectivity index (χ0n) is 11.7. The number of nitrogens with zero attached hydrogens (tertiary/aromatic N) is 3. The van der Waals surface area contributed by atoms with Crippen LogP contribution in [0.4, 0.5) is 10.3 Å². The summed E-state index contributed by atoms with van der Waals surface area (Å²) in [6, 6.07) is 5.47. The number of hydrogen-bond donors (Lipinski definition) is 1. The van der Waals surface area contributed by atoms with E-state index < -0.39 is 0 Å². The van der Waals surface area contributed by atoms with Gasteiger partial charge in [0, 0.05) is 19.1 Å². The predicted octanol–water partition coefficient (Wildman–Crippen LogP) is 2.49. The summed E-state index contributed by atoms with van der Waals surface area (Å²) in [5.74, 6) is 0.0517. The highest BCUT2D eigenvalue weighted by molar-refractivity contribution is 5.78. The van der Waals surface area contributed by atoms with Crippen molar-refractivity contribution in [3.63, 3.8) is 0 Å². The van der Waals surface area contributed by atoms with Gasteiger partial charge in [-0.3, -0.25) is 0 Å². The maximum absolute atomic E-state index is 13.6. The van der Waals surface area contributed by atoms with E-state index in [4.69, 9.17) is 5.73 Å². The molecule has 0 saturated carbocycles. The number of benzene rings is 1. The van der Waals surface area contributed by atoms with Gasteiger partial charge in [-0.2, -0.15) is 0 Å². The van der Waals surface area contributed by atoms with Gasteiger partial charge in [0.15, 0.2) is 5.82 Å². The van der Waals surface area contributed by atoms with Crippen molar-refractivity contribution in [1.82, 2.24) is 14.5 Å². The first kappa shape index (κ1) is 13.8. The van der Waals surface area contributed by atoms with E-state index in [1.807, 2.05) is 10.6 Å². The molecule has 2 rings (SSSR count). The van der Waals surface area contributed by atoms with Crippen LogP contribution in [0, 0.1) is 5.82 Å². The van der Waals surface area contributed by atoms with E-state index >= 15 is 0 Å². The van der Waals surface area contributed by atoms with Crippen LogP contribution in [0.1, 0.15) is 20.3 Å². The Hall–Kier alpha value is -1.62. The Morgan fingerprint density at radius 1 is 1.47 bits per heavy atom. The molecule has 4 nitrogen and oxygen atoms in total. The maximum atomic E-state index is 13.6. The summed E-state index contributed by atoms with van der Waals surface area (Å²) in [6.45, 7) is 5.93. The molecule has 1 heterocycles. The Balaban J connectivity index is 2.21. The van der Waals surface area contributed by atoms with Crippen molar-refractivity contribution in [2.45, 2.75) is 32.9 Å². The van der Waals surface area contributed by atoms with Crippen LogP contribution in [-0.2, 0) is 6.54 Å². The Bertz CT molecular complexity index is 564. The molecule has 0 bridgehead atoms. The van der Waals surface area contributed by atoms with Crippen LogP contribution in [-0.4, -0.2) is 34.1 Å². The van der Waals surface area contributed by atoms with Crippen molar-refractivity contribution in [1.29, 1.82) is 0 Å². The molecule has 19 heavy (non-hydrogen) atoms. The number of rotatable bonds is 5. The number of fused-ring (bicyclic) bond motifs is 1. The molecular formula is C14H21FN4. The number of nitrogen functional groups attached to an aromatic ring is 1. The summed E-state index contributed by atoms with van der Waals surface area (Å²) in [5, 5.41) is 0. The van der Waals surface area contributed by atoms with Crippen molar-refractivity contribution in [3.05, 3.63) is 24.0 Å². The van der Waals surface area contributed by atoms with Crippen LogP contribution < -0.4 is 5.73 Å². The standard InChI is InChI=1S/C14H21FN4/c1-4-10(2)18(3)8-9-19-12-7-5-6-11(15)13(12)17-14(19)16/h5-7,10H,4,8-9H2,1-3H3,(H2,16,17). The van der Waals surface area contributed by atoms with E-state index in [1.165, 1.54) is 6.07 Å².